The van der Waals surface area contributed by atoms with Crippen LogP contribution in [-0.4, -0.2) is 47.1 Å². The molecule has 5 rings (SSSR count). The van der Waals surface area contributed by atoms with Crippen molar-refractivity contribution in [1.29, 1.82) is 0 Å². The smallest absolute Gasteiger partial charge is 0.252 e. The summed E-state index contributed by atoms with van der Waals surface area (Å²) in [6.07, 6.45) is 6.76. The number of ether oxygens (including phenoxy) is 3. The van der Waals surface area contributed by atoms with Crippen molar-refractivity contribution in [2.75, 3.05) is 13.2 Å². The quantitative estimate of drug-likeness (QED) is 0.526. The highest BCUT2D eigenvalue weighted by molar-refractivity contribution is 6.00. The van der Waals surface area contributed by atoms with Crippen molar-refractivity contribution in [3.8, 4) is 17.2 Å². The number of amides is 1. The molecule has 0 aliphatic carbocycles. The number of nitrogens with one attached hydrogen (secondary N) is 1. The van der Waals surface area contributed by atoms with Crippen LogP contribution in [0.5, 0.6) is 17.2 Å². The fourth-order valence-corrected chi connectivity index (χ4v) is 4.70. The molecule has 2 aliphatic rings. The van der Waals surface area contributed by atoms with Gasteiger partial charge in [0, 0.05) is 30.6 Å². The topological polar surface area (TPSA) is 101 Å². The molecular weight excluding hydrogens is 408 g/mol. The predicted octanol–water partition coefficient (Wildman–Crippen LogP) is 3.14. The Bertz CT molecular complexity index is 1100. The SMILES string of the molecule is Cn1ncc2cc(C(N)=O)c(Oc3ccc(OCCOC4C[C@H]5CC[C@@H](C4)N5)cc3)cc21. The van der Waals surface area contributed by atoms with E-state index >= 15 is 0 Å². The minimum absolute atomic E-state index is 0.314. The second-order valence-electron chi connectivity index (χ2n) is 8.56. The van der Waals surface area contributed by atoms with Gasteiger partial charge in [0.1, 0.15) is 23.9 Å². The molecule has 0 radical (unpaired) electrons. The second kappa shape index (κ2) is 8.80. The van der Waals surface area contributed by atoms with E-state index in [2.05, 4.69) is 10.4 Å². The first-order valence-corrected chi connectivity index (χ1v) is 11.1. The van der Waals surface area contributed by atoms with Gasteiger partial charge in [-0.25, -0.2) is 0 Å². The minimum atomic E-state index is -0.549. The second-order valence-corrected chi connectivity index (χ2v) is 8.56. The molecule has 0 saturated carbocycles. The molecule has 2 saturated heterocycles. The Labute approximate surface area is 186 Å². The van der Waals surface area contributed by atoms with Crippen molar-refractivity contribution >= 4 is 16.8 Å². The molecule has 8 nitrogen and oxygen atoms in total. The first-order valence-electron chi connectivity index (χ1n) is 11.1. The third kappa shape index (κ3) is 4.42. The van der Waals surface area contributed by atoms with E-state index in [4.69, 9.17) is 19.9 Å². The molecule has 32 heavy (non-hydrogen) atoms. The fourth-order valence-electron chi connectivity index (χ4n) is 4.70. The van der Waals surface area contributed by atoms with Gasteiger partial charge in [-0.2, -0.15) is 5.10 Å². The minimum Gasteiger partial charge on any atom is -0.491 e. The number of benzene rings is 2. The molecule has 3 atom stereocenters. The molecule has 3 N–H and O–H groups in total. The molecule has 168 valence electrons. The van der Waals surface area contributed by atoms with Crippen molar-refractivity contribution in [2.24, 2.45) is 12.8 Å². The van der Waals surface area contributed by atoms with Crippen molar-refractivity contribution < 1.29 is 19.0 Å². The number of hydrogen-bond acceptors (Lipinski definition) is 6. The number of hydrogen-bond donors (Lipinski definition) is 2. The van der Waals surface area contributed by atoms with Crippen LogP contribution in [0, 0.1) is 0 Å². The number of fused-ring (bicyclic) bond motifs is 3. The van der Waals surface area contributed by atoms with Crippen LogP contribution in [0.3, 0.4) is 0 Å². The zero-order chi connectivity index (χ0) is 22.1. The number of nitrogens with two attached hydrogens (primary N) is 1. The number of aryl methyl sites for hydroxylation is 1. The predicted molar refractivity (Wildman–Crippen MR) is 120 cm³/mol. The summed E-state index contributed by atoms with van der Waals surface area (Å²) < 4.78 is 19.5. The van der Waals surface area contributed by atoms with Gasteiger partial charge in [-0.1, -0.05) is 0 Å². The average Bonchev–Trinajstić information content (AvgIpc) is 3.32. The molecule has 3 aromatic rings. The molecule has 0 spiro atoms. The first kappa shape index (κ1) is 20.8. The highest BCUT2D eigenvalue weighted by Gasteiger charge is 2.33. The van der Waals surface area contributed by atoms with E-state index < -0.39 is 5.91 Å². The van der Waals surface area contributed by atoms with E-state index in [1.54, 1.807) is 35.1 Å². The van der Waals surface area contributed by atoms with Crippen LogP contribution in [0.2, 0.25) is 0 Å². The molecule has 1 aromatic heterocycles. The lowest BCUT2D eigenvalue weighted by molar-refractivity contribution is 0.00604. The Hall–Kier alpha value is -3.10. The summed E-state index contributed by atoms with van der Waals surface area (Å²) in [4.78, 5) is 11.9. The van der Waals surface area contributed by atoms with Gasteiger partial charge < -0.3 is 25.3 Å². The molecule has 3 heterocycles. The number of piperidine rings is 1. The highest BCUT2D eigenvalue weighted by Crippen LogP contribution is 2.31. The maximum atomic E-state index is 11.9. The molecule has 2 bridgehead atoms. The van der Waals surface area contributed by atoms with E-state index in [1.807, 2.05) is 19.2 Å². The van der Waals surface area contributed by atoms with Crippen LogP contribution < -0.4 is 20.5 Å². The normalized spacial score (nSPS) is 22.2. The van der Waals surface area contributed by atoms with E-state index in [0.29, 0.717) is 48.5 Å². The van der Waals surface area contributed by atoms with Crippen LogP contribution >= 0.6 is 0 Å². The van der Waals surface area contributed by atoms with E-state index in [-0.39, 0.29) is 0 Å². The zero-order valence-corrected chi connectivity index (χ0v) is 18.1. The van der Waals surface area contributed by atoms with E-state index in [1.165, 1.54) is 12.8 Å². The lowest BCUT2D eigenvalue weighted by Crippen LogP contribution is -2.41. The maximum Gasteiger partial charge on any atom is 0.252 e. The highest BCUT2D eigenvalue weighted by atomic mass is 16.5. The van der Waals surface area contributed by atoms with Gasteiger partial charge in [0.25, 0.3) is 5.91 Å². The molecule has 1 amide bonds. The molecule has 2 fully saturated rings. The molecule has 1 unspecified atom stereocenters. The van der Waals surface area contributed by atoms with Gasteiger partial charge in [0.05, 0.1) is 30.0 Å². The van der Waals surface area contributed by atoms with E-state index in [0.717, 1.165) is 29.5 Å². The van der Waals surface area contributed by atoms with Crippen LogP contribution in [-0.2, 0) is 11.8 Å². The lowest BCUT2D eigenvalue weighted by Gasteiger charge is -2.29. The Morgan fingerprint density at radius 1 is 1.12 bits per heavy atom. The number of carbonyl (C=O) groups is 1. The zero-order valence-electron chi connectivity index (χ0n) is 18.1. The van der Waals surface area contributed by atoms with E-state index in [9.17, 15) is 4.79 Å². The monoisotopic (exact) mass is 436 g/mol. The summed E-state index contributed by atoms with van der Waals surface area (Å²) in [6.45, 7) is 1.08. The molecular formula is C24H28N4O4. The fraction of sp³-hybridized carbons (Fsp3) is 0.417. The van der Waals surface area contributed by atoms with Gasteiger partial charge in [0.15, 0.2) is 0 Å². The van der Waals surface area contributed by atoms with Gasteiger partial charge in [0.2, 0.25) is 0 Å². The summed E-state index contributed by atoms with van der Waals surface area (Å²) >= 11 is 0. The van der Waals surface area contributed by atoms with Crippen molar-refractivity contribution in [3.05, 3.63) is 48.2 Å². The van der Waals surface area contributed by atoms with Gasteiger partial charge in [-0.3, -0.25) is 9.48 Å². The number of nitrogens with zero attached hydrogens (tertiary/aromatic N) is 2. The Kier molecular flexibility index (Phi) is 5.71. The number of rotatable bonds is 8. The molecule has 8 heteroatoms. The summed E-state index contributed by atoms with van der Waals surface area (Å²) in [7, 11) is 1.83. The largest absolute Gasteiger partial charge is 0.491 e. The maximum absolute atomic E-state index is 11.9. The average molecular weight is 437 g/mol. The summed E-state index contributed by atoms with van der Waals surface area (Å²) in [5, 5.41) is 8.67. The van der Waals surface area contributed by atoms with Crippen LogP contribution in [0.15, 0.2) is 42.6 Å². The van der Waals surface area contributed by atoms with Gasteiger partial charge in [-0.15, -0.1) is 0 Å². The van der Waals surface area contributed by atoms with Crippen molar-refractivity contribution in [2.45, 2.75) is 43.9 Å². The lowest BCUT2D eigenvalue weighted by atomic mass is 10.0. The van der Waals surface area contributed by atoms with Crippen molar-refractivity contribution in [3.63, 3.8) is 0 Å². The Morgan fingerprint density at radius 3 is 2.56 bits per heavy atom. The van der Waals surface area contributed by atoms with Crippen LogP contribution in [0.25, 0.3) is 10.9 Å². The van der Waals surface area contributed by atoms with Crippen LogP contribution in [0.4, 0.5) is 0 Å². The molecule has 2 aromatic carbocycles. The standard InChI is InChI=1S/C24H28N4O4/c1-28-22-13-23(21(24(25)29)10-15(22)14-26-28)32-19-6-4-18(5-7-19)30-8-9-31-20-11-16-2-3-17(12-20)27-16/h4-7,10,13-14,16-17,20,27H,2-3,8-9,11-12H2,1H3,(H2,25,29)/t16-,17+,20?. The Morgan fingerprint density at radius 2 is 1.84 bits per heavy atom. The number of primary amides is 1. The number of aromatic nitrogens is 2. The van der Waals surface area contributed by atoms with Crippen LogP contribution in [0.1, 0.15) is 36.0 Å². The van der Waals surface area contributed by atoms with Crippen molar-refractivity contribution in [1.82, 2.24) is 15.1 Å². The summed E-state index contributed by atoms with van der Waals surface area (Å²) in [5.74, 6) is 1.17. The van der Waals surface area contributed by atoms with Gasteiger partial charge in [-0.05, 0) is 56.0 Å². The summed E-state index contributed by atoms with van der Waals surface area (Å²) in [5.41, 5.74) is 6.72. The molecule has 2 aliphatic heterocycles. The third-order valence-corrected chi connectivity index (χ3v) is 6.30. The summed E-state index contributed by atoms with van der Waals surface area (Å²) in [6, 6.07) is 12.0. The third-order valence-electron chi connectivity index (χ3n) is 6.30. The number of carbonyl (C=O) groups excluding carboxylic acids is 1. The van der Waals surface area contributed by atoms with Gasteiger partial charge >= 0.3 is 0 Å². The Balaban J connectivity index is 1.17. The first-order chi connectivity index (χ1) is 15.5.